The maximum absolute atomic E-state index is 13.6. The van der Waals surface area contributed by atoms with Crippen molar-refractivity contribution in [3.05, 3.63) is 50.3 Å². The molecule has 0 atom stereocenters. The maximum Gasteiger partial charge on any atom is 0.387 e. The molecule has 1 heterocycles. The lowest BCUT2D eigenvalue weighted by Gasteiger charge is -2.17. The van der Waals surface area contributed by atoms with Crippen LogP contribution in [0.25, 0.3) is 11.1 Å². The number of alkyl halides is 5. The van der Waals surface area contributed by atoms with Gasteiger partial charge < -0.3 is 10.6 Å². The Morgan fingerprint density at radius 2 is 2.00 bits per heavy atom. The molecule has 0 unspecified atom stereocenters. The molecule has 0 radical (unpaired) electrons. The Bertz CT molecular complexity index is 975. The molecule has 25 heavy (non-hydrogen) atoms. The molecule has 0 aliphatic carbocycles. The monoisotopic (exact) mass is 378 g/mol. The van der Waals surface area contributed by atoms with Gasteiger partial charge in [0.25, 0.3) is 5.56 Å². The second-order valence-corrected chi connectivity index (χ2v) is 5.03. The maximum atomic E-state index is 13.6. The first-order valence-electron chi connectivity index (χ1n) is 6.27. The molecular formula is C13H7ClF4N4O3. The van der Waals surface area contributed by atoms with Gasteiger partial charge in [0.2, 0.25) is 0 Å². The van der Waals surface area contributed by atoms with Gasteiger partial charge in [0.15, 0.2) is 0 Å². The summed E-state index contributed by atoms with van der Waals surface area (Å²) in [5, 5.41) is 4.64. The number of halogens is 5. The minimum atomic E-state index is -4.23. The van der Waals surface area contributed by atoms with Gasteiger partial charge in [-0.1, -0.05) is 6.07 Å². The van der Waals surface area contributed by atoms with Crippen molar-refractivity contribution >= 4 is 11.6 Å². The van der Waals surface area contributed by atoms with E-state index in [1.54, 1.807) is 11.1 Å². The van der Waals surface area contributed by atoms with Crippen molar-refractivity contribution in [1.29, 1.82) is 5.26 Å². The molecule has 7 nitrogen and oxygen atoms in total. The summed E-state index contributed by atoms with van der Waals surface area (Å²) in [6.45, 7) is -3.31. The van der Waals surface area contributed by atoms with Gasteiger partial charge in [-0.15, -0.1) is 0 Å². The predicted molar refractivity (Wildman–Crippen MR) is 78.0 cm³/mol. The van der Waals surface area contributed by atoms with E-state index in [1.165, 1.54) is 0 Å². The quantitative estimate of drug-likeness (QED) is 0.477. The molecule has 0 spiro atoms. The first-order valence-corrected chi connectivity index (χ1v) is 6.65. The summed E-state index contributed by atoms with van der Waals surface area (Å²) >= 11 is 4.92. The average molecular weight is 379 g/mol. The molecule has 1 aromatic carbocycles. The van der Waals surface area contributed by atoms with Crippen LogP contribution < -0.4 is 21.8 Å². The number of hydrogen-bond donors (Lipinski definition) is 2. The Balaban J connectivity index is 2.84. The lowest BCUT2D eigenvalue weighted by atomic mass is 10.0. The van der Waals surface area contributed by atoms with Crippen LogP contribution in [0.1, 0.15) is 11.3 Å². The number of aromatic amines is 1. The van der Waals surface area contributed by atoms with Gasteiger partial charge in [0.1, 0.15) is 17.5 Å². The number of nitrogens with zero attached hydrogens (tertiary/aromatic N) is 2. The Morgan fingerprint density at radius 1 is 1.36 bits per heavy atom. The summed E-state index contributed by atoms with van der Waals surface area (Å²) in [6.07, 6.45) is 0. The number of aromatic nitrogens is 2. The second kappa shape index (κ2) is 6.48. The van der Waals surface area contributed by atoms with Crippen molar-refractivity contribution in [3.63, 3.8) is 0 Å². The van der Waals surface area contributed by atoms with Gasteiger partial charge in [0, 0.05) is 0 Å². The highest BCUT2D eigenvalue weighted by Crippen LogP contribution is 2.37. The number of benzene rings is 1. The molecule has 12 heteroatoms. The van der Waals surface area contributed by atoms with E-state index in [4.69, 9.17) is 22.7 Å². The van der Waals surface area contributed by atoms with E-state index in [0.29, 0.717) is 0 Å². The molecule has 3 N–H and O–H groups in total. The Kier molecular flexibility index (Phi) is 4.75. The van der Waals surface area contributed by atoms with Crippen molar-refractivity contribution in [2.75, 3.05) is 5.84 Å². The summed E-state index contributed by atoms with van der Waals surface area (Å²) in [5.41, 5.74) is -5.54. The van der Waals surface area contributed by atoms with Crippen molar-refractivity contribution in [2.45, 2.75) is 12.0 Å². The number of nitrogen functional groups attached to an aromatic ring is 1. The van der Waals surface area contributed by atoms with Crippen molar-refractivity contribution < 1.29 is 22.3 Å². The van der Waals surface area contributed by atoms with Crippen LogP contribution in [-0.2, 0) is 5.38 Å². The van der Waals surface area contributed by atoms with Gasteiger partial charge in [-0.2, -0.15) is 22.8 Å². The SMILES string of the molecule is N#Cc1ccc(-c2c(C(F)(F)Cl)n(N)c(=O)[nH]c2=O)cc1OC(F)F. The smallest absolute Gasteiger partial charge is 0.387 e. The van der Waals surface area contributed by atoms with E-state index in [1.807, 2.05) is 0 Å². The normalized spacial score (nSPS) is 11.4. The Hall–Kier alpha value is -3.00. The van der Waals surface area contributed by atoms with E-state index in [2.05, 4.69) is 4.74 Å². The van der Waals surface area contributed by atoms with Crippen LogP contribution in [-0.4, -0.2) is 16.3 Å². The highest BCUT2D eigenvalue weighted by Gasteiger charge is 2.37. The van der Waals surface area contributed by atoms with Crippen LogP contribution in [0.2, 0.25) is 0 Å². The third kappa shape index (κ3) is 3.58. The molecule has 0 bridgehead atoms. The molecule has 0 amide bonds. The van der Waals surface area contributed by atoms with Gasteiger partial charge in [-0.05, 0) is 29.3 Å². The summed E-state index contributed by atoms with van der Waals surface area (Å²) in [6, 6.07) is 4.30. The lowest BCUT2D eigenvalue weighted by molar-refractivity contribution is -0.0500. The number of rotatable bonds is 4. The minimum Gasteiger partial charge on any atom is -0.433 e. The fourth-order valence-corrected chi connectivity index (χ4v) is 2.24. The third-order valence-electron chi connectivity index (χ3n) is 3.02. The number of nitrogens with two attached hydrogens (primary N) is 1. The summed E-state index contributed by atoms with van der Waals surface area (Å²) < 4.78 is 56.2. The van der Waals surface area contributed by atoms with Crippen LogP contribution in [0.3, 0.4) is 0 Å². The number of ether oxygens (including phenoxy) is 1. The van der Waals surface area contributed by atoms with E-state index < -0.39 is 40.2 Å². The van der Waals surface area contributed by atoms with Crippen molar-refractivity contribution in [2.24, 2.45) is 0 Å². The molecule has 0 saturated carbocycles. The molecule has 2 aromatic rings. The van der Waals surface area contributed by atoms with Crippen LogP contribution >= 0.6 is 11.6 Å². The van der Waals surface area contributed by atoms with Crippen LogP contribution in [0, 0.1) is 11.3 Å². The molecule has 0 aliphatic rings. The van der Waals surface area contributed by atoms with Crippen LogP contribution in [0.15, 0.2) is 27.8 Å². The largest absolute Gasteiger partial charge is 0.433 e. The van der Waals surface area contributed by atoms with Crippen LogP contribution in [0.4, 0.5) is 17.6 Å². The molecule has 1 aromatic heterocycles. The van der Waals surface area contributed by atoms with E-state index in [-0.39, 0.29) is 15.8 Å². The number of nitrogens with one attached hydrogen (secondary N) is 1. The fraction of sp³-hybridized carbons (Fsp3) is 0.154. The average Bonchev–Trinajstić information content (AvgIpc) is 2.48. The van der Waals surface area contributed by atoms with Gasteiger partial charge in [0.05, 0.1) is 11.1 Å². The van der Waals surface area contributed by atoms with Crippen molar-refractivity contribution in [3.8, 4) is 22.9 Å². The summed E-state index contributed by atoms with van der Waals surface area (Å²) in [5.74, 6) is 4.56. The molecule has 2 rings (SSSR count). The lowest BCUT2D eigenvalue weighted by Crippen LogP contribution is -2.41. The zero-order valence-electron chi connectivity index (χ0n) is 11.9. The molecule has 0 fully saturated rings. The molecule has 132 valence electrons. The summed E-state index contributed by atoms with van der Waals surface area (Å²) in [4.78, 5) is 25.1. The van der Waals surface area contributed by atoms with Gasteiger partial charge in [-0.25, -0.2) is 9.47 Å². The third-order valence-corrected chi connectivity index (χ3v) is 3.20. The second-order valence-electron chi connectivity index (χ2n) is 4.55. The van der Waals surface area contributed by atoms with E-state index in [9.17, 15) is 27.2 Å². The molecule has 0 saturated heterocycles. The number of nitriles is 1. The van der Waals surface area contributed by atoms with Crippen LogP contribution in [0.5, 0.6) is 5.75 Å². The standard InChI is InChI=1S/C13H7ClF4N4O3/c14-13(17,18)9-8(10(23)21-12(24)22(9)20)5-1-2-6(4-19)7(3-5)25-11(15)16/h1-3,11H,20H2,(H,21,23,24). The topological polar surface area (TPSA) is 114 Å². The minimum absolute atomic E-state index is 0.0738. The Labute approximate surface area is 140 Å². The predicted octanol–water partition coefficient (Wildman–Crippen LogP) is 1.68. The summed E-state index contributed by atoms with van der Waals surface area (Å²) in [7, 11) is 0. The highest BCUT2D eigenvalue weighted by molar-refractivity contribution is 6.22. The van der Waals surface area contributed by atoms with Gasteiger partial charge >= 0.3 is 17.7 Å². The van der Waals surface area contributed by atoms with E-state index >= 15 is 0 Å². The highest BCUT2D eigenvalue weighted by atomic mass is 35.5. The zero-order chi connectivity index (χ0) is 18.9. The number of hydrogen-bond acceptors (Lipinski definition) is 5. The molecule has 0 aliphatic heterocycles. The van der Waals surface area contributed by atoms with E-state index in [0.717, 1.165) is 18.2 Å². The van der Waals surface area contributed by atoms with Crippen molar-refractivity contribution in [1.82, 2.24) is 9.66 Å². The van der Waals surface area contributed by atoms with Gasteiger partial charge in [-0.3, -0.25) is 9.78 Å². The zero-order valence-corrected chi connectivity index (χ0v) is 12.7. The fourth-order valence-electron chi connectivity index (χ4n) is 2.06. The molecular weight excluding hydrogens is 372 g/mol. The first-order chi connectivity index (χ1) is 11.6. The first kappa shape index (κ1) is 18.3. The number of H-pyrrole nitrogens is 1. The Morgan fingerprint density at radius 3 is 2.52 bits per heavy atom.